The van der Waals surface area contributed by atoms with Crippen molar-refractivity contribution in [3.63, 3.8) is 0 Å². The van der Waals surface area contributed by atoms with Crippen LogP contribution in [0.2, 0.25) is 0 Å². The van der Waals surface area contributed by atoms with Crippen molar-refractivity contribution in [1.29, 1.82) is 0 Å². The lowest BCUT2D eigenvalue weighted by molar-refractivity contribution is 0.219. The van der Waals surface area contributed by atoms with Gasteiger partial charge in [0.25, 0.3) is 5.24 Å². The molecule has 2 saturated heterocycles. The maximum absolute atomic E-state index is 13.0. The van der Waals surface area contributed by atoms with Gasteiger partial charge in [0.2, 0.25) is 0 Å². The van der Waals surface area contributed by atoms with Gasteiger partial charge in [-0.1, -0.05) is 24.0 Å². The Bertz CT molecular complexity index is 575. The second-order valence-electron chi connectivity index (χ2n) is 5.33. The molecule has 1 unspecified atom stereocenters. The van der Waals surface area contributed by atoms with Gasteiger partial charge in [-0.05, 0) is 24.3 Å². The van der Waals surface area contributed by atoms with E-state index < -0.39 is 0 Å². The molecule has 1 amide bonds. The van der Waals surface area contributed by atoms with E-state index in [0.717, 1.165) is 33.8 Å². The Morgan fingerprint density at radius 3 is 2.57 bits per heavy atom. The molecule has 124 valence electrons. The number of hydrogen-bond donors (Lipinski definition) is 0. The molecule has 0 spiro atoms. The molecule has 2 aliphatic heterocycles. The molecule has 23 heavy (non-hydrogen) atoms. The lowest BCUT2D eigenvalue weighted by Crippen LogP contribution is -2.47. The number of carbonyl (C=O) groups excluding carboxylic acids is 1. The van der Waals surface area contributed by atoms with Crippen molar-refractivity contribution in [3.8, 4) is 0 Å². The van der Waals surface area contributed by atoms with Crippen molar-refractivity contribution < 1.29 is 9.18 Å². The van der Waals surface area contributed by atoms with E-state index in [1.54, 1.807) is 35.7 Å². The predicted octanol–water partition coefficient (Wildman–Crippen LogP) is 3.93. The number of thiocarbonyl (C=S) groups is 1. The van der Waals surface area contributed by atoms with Crippen molar-refractivity contribution >= 4 is 62.0 Å². The smallest absolute Gasteiger partial charge is 0.281 e. The van der Waals surface area contributed by atoms with Crippen LogP contribution in [0.25, 0.3) is 0 Å². The van der Waals surface area contributed by atoms with E-state index in [1.807, 2.05) is 4.90 Å². The molecule has 0 saturated carbocycles. The third-order valence-corrected chi connectivity index (χ3v) is 8.22. The summed E-state index contributed by atoms with van der Waals surface area (Å²) in [6.07, 6.45) is 0. The standard InChI is InChI=1S/C15H17FN2OS4/c16-11-1-3-12(4-2-11)17-5-7-18(8-6-17)14(19)21-9-13-10-22-15(20)23-13/h1-4,13H,5-10H2. The van der Waals surface area contributed by atoms with E-state index >= 15 is 0 Å². The van der Waals surface area contributed by atoms with Gasteiger partial charge < -0.3 is 9.80 Å². The van der Waals surface area contributed by atoms with Gasteiger partial charge in [-0.2, -0.15) is 0 Å². The predicted molar refractivity (Wildman–Crippen MR) is 104 cm³/mol. The lowest BCUT2D eigenvalue weighted by atomic mass is 10.2. The third kappa shape index (κ3) is 4.78. The van der Waals surface area contributed by atoms with Gasteiger partial charge in [-0.15, -0.1) is 23.5 Å². The Hall–Kier alpha value is -0.440. The van der Waals surface area contributed by atoms with Crippen LogP contribution in [0.15, 0.2) is 24.3 Å². The molecule has 0 radical (unpaired) electrons. The highest BCUT2D eigenvalue weighted by Gasteiger charge is 2.25. The molecule has 3 nitrogen and oxygen atoms in total. The molecule has 8 heteroatoms. The van der Waals surface area contributed by atoms with Gasteiger partial charge in [0, 0.05) is 48.6 Å². The fraction of sp³-hybridized carbons (Fsp3) is 0.467. The zero-order chi connectivity index (χ0) is 16.2. The Morgan fingerprint density at radius 2 is 1.96 bits per heavy atom. The van der Waals surface area contributed by atoms with E-state index in [9.17, 15) is 9.18 Å². The molecule has 0 bridgehead atoms. The largest absolute Gasteiger partial charge is 0.368 e. The minimum absolute atomic E-state index is 0.159. The summed E-state index contributed by atoms with van der Waals surface area (Å²) in [6.45, 7) is 3.01. The summed E-state index contributed by atoms with van der Waals surface area (Å²) < 4.78 is 14.0. The molecule has 0 aliphatic carbocycles. The number of benzene rings is 1. The van der Waals surface area contributed by atoms with Gasteiger partial charge in [0.1, 0.15) is 9.35 Å². The first-order valence-electron chi connectivity index (χ1n) is 7.37. The summed E-state index contributed by atoms with van der Waals surface area (Å²) in [5.41, 5.74) is 1.01. The maximum atomic E-state index is 13.0. The highest BCUT2D eigenvalue weighted by molar-refractivity contribution is 8.49. The lowest BCUT2D eigenvalue weighted by Gasteiger charge is -2.36. The van der Waals surface area contributed by atoms with Gasteiger partial charge >= 0.3 is 0 Å². The van der Waals surface area contributed by atoms with Crippen LogP contribution in [0.1, 0.15) is 0 Å². The first kappa shape index (κ1) is 17.4. The van der Waals surface area contributed by atoms with Crippen LogP contribution in [-0.4, -0.2) is 56.6 Å². The molecule has 1 aromatic carbocycles. The quantitative estimate of drug-likeness (QED) is 0.727. The van der Waals surface area contributed by atoms with E-state index in [0.29, 0.717) is 18.3 Å². The van der Waals surface area contributed by atoms with Crippen molar-refractivity contribution in [3.05, 3.63) is 30.1 Å². The van der Waals surface area contributed by atoms with Crippen molar-refractivity contribution in [2.24, 2.45) is 0 Å². The number of anilines is 1. The summed E-state index contributed by atoms with van der Waals surface area (Å²) in [4.78, 5) is 16.4. The van der Waals surface area contributed by atoms with Crippen LogP contribution in [-0.2, 0) is 0 Å². The number of amides is 1. The average Bonchev–Trinajstić information content (AvgIpc) is 2.99. The Kier molecular flexibility index (Phi) is 6.12. The summed E-state index contributed by atoms with van der Waals surface area (Å²) >= 11 is 10.00. The molecule has 2 heterocycles. The van der Waals surface area contributed by atoms with Gasteiger partial charge in [-0.3, -0.25) is 4.79 Å². The number of nitrogens with zero attached hydrogens (tertiary/aromatic N) is 2. The van der Waals surface area contributed by atoms with Gasteiger partial charge in [0.15, 0.2) is 0 Å². The number of thioether (sulfide) groups is 3. The van der Waals surface area contributed by atoms with Crippen LogP contribution in [0.4, 0.5) is 14.9 Å². The first-order chi connectivity index (χ1) is 11.1. The minimum atomic E-state index is -0.221. The fourth-order valence-corrected chi connectivity index (χ4v) is 6.62. The molecule has 0 N–H and O–H groups in total. The second kappa shape index (κ2) is 8.09. The number of halogens is 1. The van der Waals surface area contributed by atoms with E-state index in [2.05, 4.69) is 4.90 Å². The number of piperazine rings is 1. The topological polar surface area (TPSA) is 23.6 Å². The molecule has 2 aliphatic rings. The fourth-order valence-electron chi connectivity index (χ4n) is 2.50. The molecular weight excluding hydrogens is 371 g/mol. The normalized spacial score (nSPS) is 21.8. The molecular formula is C15H17FN2OS4. The van der Waals surface area contributed by atoms with Crippen molar-refractivity contribution in [2.45, 2.75) is 5.25 Å². The SMILES string of the molecule is O=C(SCC1CSC(=S)S1)N1CCN(c2ccc(F)cc2)CC1. The highest BCUT2D eigenvalue weighted by Crippen LogP contribution is 2.35. The van der Waals surface area contributed by atoms with Crippen LogP contribution in [0.3, 0.4) is 0 Å². The molecule has 1 atom stereocenters. The molecule has 2 fully saturated rings. The monoisotopic (exact) mass is 388 g/mol. The van der Waals surface area contributed by atoms with Gasteiger partial charge in [0.05, 0.1) is 0 Å². The Balaban J connectivity index is 1.44. The summed E-state index contributed by atoms with van der Waals surface area (Å²) in [7, 11) is 0. The maximum Gasteiger partial charge on any atom is 0.281 e. The first-order valence-corrected chi connectivity index (χ1v) is 10.6. The second-order valence-corrected chi connectivity index (χ2v) is 9.82. The zero-order valence-electron chi connectivity index (χ0n) is 12.4. The molecule has 1 aromatic rings. The third-order valence-electron chi connectivity index (χ3n) is 3.77. The van der Waals surface area contributed by atoms with Crippen molar-refractivity contribution in [1.82, 2.24) is 4.90 Å². The van der Waals surface area contributed by atoms with Crippen LogP contribution >= 0.6 is 47.5 Å². The van der Waals surface area contributed by atoms with E-state index in [1.165, 1.54) is 23.9 Å². The van der Waals surface area contributed by atoms with Crippen LogP contribution in [0.5, 0.6) is 0 Å². The van der Waals surface area contributed by atoms with Gasteiger partial charge in [-0.25, -0.2) is 4.39 Å². The molecule has 3 rings (SSSR count). The Morgan fingerprint density at radius 1 is 1.26 bits per heavy atom. The zero-order valence-corrected chi connectivity index (χ0v) is 15.7. The summed E-state index contributed by atoms with van der Waals surface area (Å²) in [6, 6.07) is 6.54. The van der Waals surface area contributed by atoms with Crippen LogP contribution < -0.4 is 4.90 Å². The average molecular weight is 389 g/mol. The summed E-state index contributed by atoms with van der Waals surface area (Å²) in [5.74, 6) is 1.62. The number of carbonyl (C=O) groups is 1. The number of rotatable bonds is 3. The van der Waals surface area contributed by atoms with E-state index in [-0.39, 0.29) is 11.1 Å². The van der Waals surface area contributed by atoms with Crippen molar-refractivity contribution in [2.75, 3.05) is 42.6 Å². The van der Waals surface area contributed by atoms with E-state index in [4.69, 9.17) is 12.2 Å². The number of hydrogen-bond acceptors (Lipinski definition) is 6. The highest BCUT2D eigenvalue weighted by atomic mass is 32.2. The molecule has 0 aromatic heterocycles. The Labute approximate surface area is 153 Å². The van der Waals surface area contributed by atoms with Crippen LogP contribution in [0, 0.1) is 5.82 Å². The minimum Gasteiger partial charge on any atom is -0.368 e. The summed E-state index contributed by atoms with van der Waals surface area (Å²) in [5, 5.41) is 0.620.